The molecule has 1 atom stereocenters. The van der Waals surface area contributed by atoms with Crippen molar-refractivity contribution in [3.8, 4) is 0 Å². The van der Waals surface area contributed by atoms with Crippen LogP contribution < -0.4 is 0 Å². The zero-order valence-corrected chi connectivity index (χ0v) is 20.6. The number of hydrogen-bond acceptors (Lipinski definition) is 3. The van der Waals surface area contributed by atoms with E-state index in [2.05, 4.69) is 6.92 Å². The molecule has 6 heteroatoms. The Kier molecular flexibility index (Phi) is 13.5. The number of ether oxygens (including phenoxy) is 3. The molecule has 3 nitrogen and oxygen atoms in total. The van der Waals surface area contributed by atoms with Gasteiger partial charge >= 0.3 is 6.18 Å². The van der Waals surface area contributed by atoms with E-state index in [1.807, 2.05) is 13.8 Å². The second-order valence-corrected chi connectivity index (χ2v) is 8.87. The summed E-state index contributed by atoms with van der Waals surface area (Å²) in [5.74, 6) is -0.968. The van der Waals surface area contributed by atoms with Crippen LogP contribution in [0.1, 0.15) is 96.1 Å². The molecule has 0 saturated heterocycles. The summed E-state index contributed by atoms with van der Waals surface area (Å²) in [6, 6.07) is 5.47. The Balaban J connectivity index is 2.65. The standard InChI is InChI=1S/C26H43F3O3/c1-6-7-8-9-10-11-15-24(26(30-4,31-5)32-21(2)3)16-13-12-14-22-17-19-23(20-18-22)25(27,28)29/h17-21,24H,6-16H2,1-5H3. The summed E-state index contributed by atoms with van der Waals surface area (Å²) in [5, 5.41) is 0. The van der Waals surface area contributed by atoms with Gasteiger partial charge in [-0.15, -0.1) is 0 Å². The predicted octanol–water partition coefficient (Wildman–Crippen LogP) is 8.16. The fourth-order valence-electron chi connectivity index (χ4n) is 4.19. The van der Waals surface area contributed by atoms with Crippen LogP contribution in [0.5, 0.6) is 0 Å². The highest BCUT2D eigenvalue weighted by molar-refractivity contribution is 5.24. The number of benzene rings is 1. The van der Waals surface area contributed by atoms with E-state index < -0.39 is 17.7 Å². The maximum Gasteiger partial charge on any atom is 0.416 e. The molecule has 0 aliphatic heterocycles. The van der Waals surface area contributed by atoms with Gasteiger partial charge in [-0.1, -0.05) is 64.0 Å². The lowest BCUT2D eigenvalue weighted by atomic mass is 9.91. The van der Waals surface area contributed by atoms with Crippen molar-refractivity contribution in [1.29, 1.82) is 0 Å². The largest absolute Gasteiger partial charge is 0.416 e. The summed E-state index contributed by atoms with van der Waals surface area (Å²) in [6.07, 6.45) is 7.41. The number of hydrogen-bond donors (Lipinski definition) is 0. The normalized spacial score (nSPS) is 13.7. The van der Waals surface area contributed by atoms with Gasteiger partial charge in [0.05, 0.1) is 11.7 Å². The molecule has 0 aromatic heterocycles. The van der Waals surface area contributed by atoms with Gasteiger partial charge in [0.2, 0.25) is 0 Å². The molecule has 1 aromatic carbocycles. The van der Waals surface area contributed by atoms with Crippen molar-refractivity contribution >= 4 is 0 Å². The molecule has 0 radical (unpaired) electrons. The molecule has 32 heavy (non-hydrogen) atoms. The average molecular weight is 461 g/mol. The van der Waals surface area contributed by atoms with E-state index in [1.54, 1.807) is 26.4 Å². The van der Waals surface area contributed by atoms with Crippen molar-refractivity contribution in [2.24, 2.45) is 5.92 Å². The van der Waals surface area contributed by atoms with E-state index >= 15 is 0 Å². The average Bonchev–Trinajstić information content (AvgIpc) is 2.75. The molecule has 0 bridgehead atoms. The molecular weight excluding hydrogens is 417 g/mol. The molecule has 1 rings (SSSR count). The minimum atomic E-state index is -4.29. The lowest BCUT2D eigenvalue weighted by Crippen LogP contribution is -2.46. The first-order chi connectivity index (χ1) is 15.2. The third-order valence-corrected chi connectivity index (χ3v) is 5.92. The number of methoxy groups -OCH3 is 2. The van der Waals surface area contributed by atoms with Crippen LogP contribution in [0.4, 0.5) is 13.2 Å². The summed E-state index contributed by atoms with van der Waals surface area (Å²) < 4.78 is 55.8. The zero-order chi connectivity index (χ0) is 24.0. The van der Waals surface area contributed by atoms with Crippen LogP contribution in [0.25, 0.3) is 0 Å². The number of alkyl halides is 3. The molecule has 1 unspecified atom stereocenters. The Morgan fingerprint density at radius 1 is 0.781 bits per heavy atom. The van der Waals surface area contributed by atoms with Crippen molar-refractivity contribution in [1.82, 2.24) is 0 Å². The van der Waals surface area contributed by atoms with Crippen molar-refractivity contribution in [2.75, 3.05) is 14.2 Å². The van der Waals surface area contributed by atoms with Gasteiger partial charge in [0.25, 0.3) is 5.97 Å². The van der Waals surface area contributed by atoms with Crippen LogP contribution in [-0.4, -0.2) is 26.3 Å². The van der Waals surface area contributed by atoms with Crippen molar-refractivity contribution in [3.63, 3.8) is 0 Å². The van der Waals surface area contributed by atoms with E-state index in [9.17, 15) is 13.2 Å². The first-order valence-corrected chi connectivity index (χ1v) is 12.1. The Morgan fingerprint density at radius 3 is 1.81 bits per heavy atom. The van der Waals surface area contributed by atoms with Crippen molar-refractivity contribution in [3.05, 3.63) is 35.4 Å². The molecule has 0 heterocycles. The quantitative estimate of drug-likeness (QED) is 0.173. The summed E-state index contributed by atoms with van der Waals surface area (Å²) in [6.45, 7) is 6.16. The molecule has 0 spiro atoms. The van der Waals surface area contributed by atoms with Crippen LogP contribution >= 0.6 is 0 Å². The third-order valence-electron chi connectivity index (χ3n) is 5.92. The van der Waals surface area contributed by atoms with Gasteiger partial charge in [-0.05, 0) is 57.2 Å². The Labute approximate surface area is 193 Å². The maximum atomic E-state index is 12.7. The lowest BCUT2D eigenvalue weighted by Gasteiger charge is -2.39. The van der Waals surface area contributed by atoms with Crippen LogP contribution in [0.15, 0.2) is 24.3 Å². The SMILES string of the molecule is CCCCCCCCC(CCCCc1ccc(C(F)(F)F)cc1)C(OC)(OC)OC(C)C. The van der Waals surface area contributed by atoms with Crippen LogP contribution in [0, 0.1) is 5.92 Å². The van der Waals surface area contributed by atoms with Gasteiger partial charge in [0.1, 0.15) is 0 Å². The highest BCUT2D eigenvalue weighted by atomic mass is 19.4. The summed E-state index contributed by atoms with van der Waals surface area (Å²) in [5.41, 5.74) is 0.324. The van der Waals surface area contributed by atoms with Crippen LogP contribution in [0.2, 0.25) is 0 Å². The van der Waals surface area contributed by atoms with E-state index in [-0.39, 0.29) is 12.0 Å². The predicted molar refractivity (Wildman–Crippen MR) is 123 cm³/mol. The molecule has 0 aliphatic rings. The monoisotopic (exact) mass is 460 g/mol. The zero-order valence-electron chi connectivity index (χ0n) is 20.6. The minimum absolute atomic E-state index is 0.0332. The summed E-state index contributed by atoms with van der Waals surface area (Å²) in [4.78, 5) is 0. The third kappa shape index (κ3) is 10.2. The number of unbranched alkanes of at least 4 members (excludes halogenated alkanes) is 6. The lowest BCUT2D eigenvalue weighted by molar-refractivity contribution is -0.399. The second-order valence-electron chi connectivity index (χ2n) is 8.87. The van der Waals surface area contributed by atoms with E-state index in [4.69, 9.17) is 14.2 Å². The van der Waals surface area contributed by atoms with Gasteiger partial charge < -0.3 is 14.2 Å². The molecule has 0 amide bonds. The molecule has 0 saturated carbocycles. The van der Waals surface area contributed by atoms with Gasteiger partial charge in [0, 0.05) is 20.1 Å². The fraction of sp³-hybridized carbons (Fsp3) is 0.769. The number of rotatable bonds is 17. The van der Waals surface area contributed by atoms with Gasteiger partial charge in [-0.3, -0.25) is 0 Å². The molecule has 1 aromatic rings. The van der Waals surface area contributed by atoms with E-state index in [0.717, 1.165) is 56.2 Å². The molecule has 0 aliphatic carbocycles. The Bertz CT molecular complexity index is 595. The second kappa shape index (κ2) is 14.9. The van der Waals surface area contributed by atoms with Crippen molar-refractivity contribution < 1.29 is 27.4 Å². The van der Waals surface area contributed by atoms with E-state index in [1.165, 1.54) is 32.1 Å². The number of aryl methyl sites for hydroxylation is 1. The fourth-order valence-corrected chi connectivity index (χ4v) is 4.19. The smallest absolute Gasteiger partial charge is 0.331 e. The highest BCUT2D eigenvalue weighted by Gasteiger charge is 2.41. The van der Waals surface area contributed by atoms with Crippen LogP contribution in [-0.2, 0) is 26.8 Å². The molecule has 0 N–H and O–H groups in total. The Morgan fingerprint density at radius 2 is 1.31 bits per heavy atom. The molecule has 186 valence electrons. The van der Waals surface area contributed by atoms with Gasteiger partial charge in [-0.25, -0.2) is 0 Å². The molecular formula is C26H43F3O3. The highest BCUT2D eigenvalue weighted by Crippen LogP contribution is 2.34. The number of halogens is 3. The maximum absolute atomic E-state index is 12.7. The van der Waals surface area contributed by atoms with Gasteiger partial charge in [0.15, 0.2) is 0 Å². The minimum Gasteiger partial charge on any atom is -0.331 e. The summed E-state index contributed by atoms with van der Waals surface area (Å²) >= 11 is 0. The summed E-state index contributed by atoms with van der Waals surface area (Å²) in [7, 11) is 3.25. The molecule has 0 fully saturated rings. The Hall–Kier alpha value is -1.11. The topological polar surface area (TPSA) is 27.7 Å². The van der Waals surface area contributed by atoms with Crippen LogP contribution in [0.3, 0.4) is 0 Å². The van der Waals surface area contributed by atoms with Gasteiger partial charge in [-0.2, -0.15) is 13.2 Å². The first-order valence-electron chi connectivity index (χ1n) is 12.1. The van der Waals surface area contributed by atoms with E-state index in [0.29, 0.717) is 0 Å². The first kappa shape index (κ1) is 28.9. The van der Waals surface area contributed by atoms with Crippen molar-refractivity contribution in [2.45, 2.75) is 110 Å².